The molecule has 2 aromatic rings. The third-order valence-corrected chi connectivity index (χ3v) is 4.74. The first kappa shape index (κ1) is 17.7. The molecule has 134 valence electrons. The number of rotatable bonds is 5. The van der Waals surface area contributed by atoms with Crippen molar-refractivity contribution >= 4 is 5.91 Å². The summed E-state index contributed by atoms with van der Waals surface area (Å²) in [5.41, 5.74) is 1.10. The molecule has 1 amide bonds. The minimum absolute atomic E-state index is 0.00195. The monoisotopic (exact) mass is 342 g/mol. The van der Waals surface area contributed by atoms with Gasteiger partial charge in [0.25, 0.3) is 0 Å². The Bertz CT molecular complexity index is 708. The standard InChI is InChI=1S/C20H26N2O3/c1-19(2)13-17(20(3,4)25-19)22(14-15-8-6-5-7-9-15)18(23)12-16-10-11-24-21-16/h5-11,17H,12-14H2,1-4H3/t17-/m0/s1. The number of hydrogen-bond donors (Lipinski definition) is 0. The van der Waals surface area contributed by atoms with Crippen LogP contribution < -0.4 is 0 Å². The van der Waals surface area contributed by atoms with Crippen molar-refractivity contribution in [3.05, 3.63) is 53.9 Å². The summed E-state index contributed by atoms with van der Waals surface area (Å²) in [4.78, 5) is 15.0. The van der Waals surface area contributed by atoms with Crippen molar-refractivity contribution in [1.29, 1.82) is 0 Å². The van der Waals surface area contributed by atoms with E-state index in [-0.39, 0.29) is 24.0 Å². The summed E-state index contributed by atoms with van der Waals surface area (Å²) in [6.07, 6.45) is 2.53. The van der Waals surface area contributed by atoms with Gasteiger partial charge in [-0.1, -0.05) is 35.5 Å². The molecule has 0 bridgehead atoms. The maximum atomic E-state index is 13.1. The lowest BCUT2D eigenvalue weighted by Crippen LogP contribution is -2.49. The van der Waals surface area contributed by atoms with Crippen LogP contribution in [-0.4, -0.2) is 33.2 Å². The fourth-order valence-corrected chi connectivity index (χ4v) is 3.76. The van der Waals surface area contributed by atoms with Crippen molar-refractivity contribution < 1.29 is 14.1 Å². The lowest BCUT2D eigenvalue weighted by Gasteiger charge is -2.36. The molecule has 0 N–H and O–H groups in total. The second-order valence-corrected chi connectivity index (χ2v) is 7.86. The second-order valence-electron chi connectivity index (χ2n) is 7.86. The fraction of sp³-hybridized carbons (Fsp3) is 0.500. The van der Waals surface area contributed by atoms with E-state index in [4.69, 9.17) is 9.26 Å². The molecule has 0 radical (unpaired) electrons. The predicted molar refractivity (Wildman–Crippen MR) is 94.8 cm³/mol. The number of amides is 1. The van der Waals surface area contributed by atoms with Crippen LogP contribution in [0.3, 0.4) is 0 Å². The molecule has 5 nitrogen and oxygen atoms in total. The molecule has 1 aromatic heterocycles. The van der Waals surface area contributed by atoms with Crippen molar-refractivity contribution in [3.63, 3.8) is 0 Å². The summed E-state index contributed by atoms with van der Waals surface area (Å²) in [6, 6.07) is 11.8. The van der Waals surface area contributed by atoms with Crippen molar-refractivity contribution in [2.45, 2.75) is 64.3 Å². The van der Waals surface area contributed by atoms with Crippen LogP contribution in [0.25, 0.3) is 0 Å². The molecule has 25 heavy (non-hydrogen) atoms. The van der Waals surface area contributed by atoms with Gasteiger partial charge < -0.3 is 14.2 Å². The number of ether oxygens (including phenoxy) is 1. The Morgan fingerprint density at radius 3 is 2.48 bits per heavy atom. The minimum atomic E-state index is -0.405. The van der Waals surface area contributed by atoms with Crippen molar-refractivity contribution in [3.8, 4) is 0 Å². The topological polar surface area (TPSA) is 55.6 Å². The van der Waals surface area contributed by atoms with E-state index in [9.17, 15) is 4.79 Å². The van der Waals surface area contributed by atoms with E-state index in [1.165, 1.54) is 6.26 Å². The highest BCUT2D eigenvalue weighted by molar-refractivity contribution is 5.78. The molecule has 2 heterocycles. The van der Waals surface area contributed by atoms with Crippen LogP contribution in [0.1, 0.15) is 45.4 Å². The van der Waals surface area contributed by atoms with E-state index in [1.807, 2.05) is 35.2 Å². The summed E-state index contributed by atoms with van der Waals surface area (Å²) in [5.74, 6) is 0.0390. The highest BCUT2D eigenvalue weighted by Gasteiger charge is 2.49. The summed E-state index contributed by atoms with van der Waals surface area (Å²) >= 11 is 0. The minimum Gasteiger partial charge on any atom is -0.367 e. The van der Waals surface area contributed by atoms with Crippen LogP contribution in [0, 0.1) is 0 Å². The van der Waals surface area contributed by atoms with Gasteiger partial charge in [0.15, 0.2) is 0 Å². The Hall–Kier alpha value is -2.14. The highest BCUT2D eigenvalue weighted by Crippen LogP contribution is 2.40. The first-order chi connectivity index (χ1) is 11.8. The quantitative estimate of drug-likeness (QED) is 0.833. The van der Waals surface area contributed by atoms with Crippen molar-refractivity contribution in [2.75, 3.05) is 0 Å². The van der Waals surface area contributed by atoms with Gasteiger partial charge in [-0.25, -0.2) is 0 Å². The Morgan fingerprint density at radius 2 is 1.92 bits per heavy atom. The molecule has 1 aliphatic heterocycles. The molecule has 0 aliphatic carbocycles. The second kappa shape index (κ2) is 6.64. The van der Waals surface area contributed by atoms with Crippen LogP contribution in [-0.2, 0) is 22.5 Å². The molecule has 0 saturated carbocycles. The zero-order chi connectivity index (χ0) is 18.1. The van der Waals surface area contributed by atoms with E-state index in [1.54, 1.807) is 6.07 Å². The summed E-state index contributed by atoms with van der Waals surface area (Å²) in [5, 5.41) is 3.88. The molecule has 1 aliphatic rings. The van der Waals surface area contributed by atoms with Crippen molar-refractivity contribution in [2.24, 2.45) is 0 Å². The Morgan fingerprint density at radius 1 is 1.20 bits per heavy atom. The zero-order valence-electron chi connectivity index (χ0n) is 15.4. The molecular weight excluding hydrogens is 316 g/mol. The van der Waals surface area contributed by atoms with Gasteiger partial charge in [0.05, 0.1) is 29.4 Å². The summed E-state index contributed by atoms with van der Waals surface area (Å²) in [7, 11) is 0. The van der Waals surface area contributed by atoms with Gasteiger partial charge in [0.1, 0.15) is 6.26 Å². The molecule has 1 atom stereocenters. The smallest absolute Gasteiger partial charge is 0.229 e. The number of nitrogens with zero attached hydrogens (tertiary/aromatic N) is 2. The lowest BCUT2D eigenvalue weighted by molar-refractivity contribution is -0.138. The zero-order valence-corrected chi connectivity index (χ0v) is 15.4. The van der Waals surface area contributed by atoms with Crippen molar-refractivity contribution in [1.82, 2.24) is 10.1 Å². The molecular formula is C20H26N2O3. The maximum Gasteiger partial charge on any atom is 0.229 e. The van der Waals surface area contributed by atoms with Gasteiger partial charge in [0.2, 0.25) is 5.91 Å². The first-order valence-electron chi connectivity index (χ1n) is 8.70. The largest absolute Gasteiger partial charge is 0.367 e. The number of carbonyl (C=O) groups excluding carboxylic acids is 1. The van der Waals surface area contributed by atoms with E-state index in [2.05, 4.69) is 32.9 Å². The van der Waals surface area contributed by atoms with Crippen LogP contribution in [0.15, 0.2) is 47.2 Å². The van der Waals surface area contributed by atoms with E-state index < -0.39 is 5.60 Å². The van der Waals surface area contributed by atoms with E-state index in [0.29, 0.717) is 12.2 Å². The summed E-state index contributed by atoms with van der Waals surface area (Å²) < 4.78 is 11.1. The first-order valence-corrected chi connectivity index (χ1v) is 8.70. The summed E-state index contributed by atoms with van der Waals surface area (Å²) in [6.45, 7) is 8.85. The number of hydrogen-bond acceptors (Lipinski definition) is 4. The molecule has 5 heteroatoms. The number of carbonyl (C=O) groups is 1. The Kier molecular flexibility index (Phi) is 4.69. The van der Waals surface area contributed by atoms with Gasteiger partial charge in [-0.2, -0.15) is 0 Å². The maximum absolute atomic E-state index is 13.1. The Labute approximate surface area is 148 Å². The van der Waals surface area contributed by atoms with Gasteiger partial charge >= 0.3 is 0 Å². The van der Waals surface area contributed by atoms with Gasteiger partial charge in [-0.05, 0) is 39.7 Å². The van der Waals surface area contributed by atoms with Gasteiger partial charge in [0, 0.05) is 12.6 Å². The van der Waals surface area contributed by atoms with Crippen LogP contribution in [0.5, 0.6) is 0 Å². The number of aromatic nitrogens is 1. The van der Waals surface area contributed by atoms with Gasteiger partial charge in [-0.15, -0.1) is 0 Å². The van der Waals surface area contributed by atoms with Crippen LogP contribution in [0.4, 0.5) is 0 Å². The molecule has 0 unspecified atom stereocenters. The molecule has 1 saturated heterocycles. The molecule has 0 spiro atoms. The molecule has 1 fully saturated rings. The van der Waals surface area contributed by atoms with E-state index >= 15 is 0 Å². The fourth-order valence-electron chi connectivity index (χ4n) is 3.76. The highest BCUT2D eigenvalue weighted by atomic mass is 16.5. The normalized spacial score (nSPS) is 21.2. The average Bonchev–Trinajstić information content (AvgIpc) is 3.10. The third-order valence-electron chi connectivity index (χ3n) is 4.74. The third kappa shape index (κ3) is 4.10. The average molecular weight is 342 g/mol. The lowest BCUT2D eigenvalue weighted by atomic mass is 9.92. The molecule has 1 aromatic carbocycles. The SMILES string of the molecule is CC1(C)C[C@H](N(Cc2ccccc2)C(=O)Cc2ccon2)C(C)(C)O1. The van der Waals surface area contributed by atoms with Gasteiger partial charge in [-0.3, -0.25) is 4.79 Å². The predicted octanol–water partition coefficient (Wildman–Crippen LogP) is 3.59. The molecule has 3 rings (SSSR count). The van der Waals surface area contributed by atoms with Crippen LogP contribution in [0.2, 0.25) is 0 Å². The van der Waals surface area contributed by atoms with E-state index in [0.717, 1.165) is 12.0 Å². The number of benzene rings is 1. The Balaban J connectivity index is 1.87. The van der Waals surface area contributed by atoms with Crippen LogP contribution >= 0.6 is 0 Å².